The highest BCUT2D eigenvalue weighted by Crippen LogP contribution is 2.24. The van der Waals surface area contributed by atoms with Gasteiger partial charge in [-0.1, -0.05) is 38.1 Å². The smallest absolute Gasteiger partial charge is 0.254 e. The maximum atomic E-state index is 12.9. The quantitative estimate of drug-likeness (QED) is 0.842. The van der Waals surface area contributed by atoms with Crippen molar-refractivity contribution in [3.63, 3.8) is 0 Å². The molecule has 0 bridgehead atoms. The SMILES string of the molecule is CNCC1CCCN1C(=O)c1cccc(-c2noc(CC(C)(C)C)n2)c1.Cl. The molecule has 6 nitrogen and oxygen atoms in total. The minimum Gasteiger partial charge on any atom is -0.339 e. The second-order valence-corrected chi connectivity index (χ2v) is 8.18. The lowest BCUT2D eigenvalue weighted by molar-refractivity contribution is 0.0737. The van der Waals surface area contributed by atoms with Crippen LogP contribution in [0.3, 0.4) is 0 Å². The Hall–Kier alpha value is -1.92. The molecule has 1 fully saturated rings. The molecular weight excluding hydrogens is 364 g/mol. The number of likely N-dealkylation sites (tertiary alicyclic amines) is 1. The predicted octanol–water partition coefficient (Wildman–Crippen LogP) is 3.57. The van der Waals surface area contributed by atoms with E-state index in [1.807, 2.05) is 36.2 Å². The molecule has 3 rings (SSSR count). The molecule has 7 heteroatoms. The van der Waals surface area contributed by atoms with Crippen molar-refractivity contribution in [1.82, 2.24) is 20.4 Å². The van der Waals surface area contributed by atoms with Crippen molar-refractivity contribution in [1.29, 1.82) is 0 Å². The number of nitrogens with one attached hydrogen (secondary N) is 1. The number of aromatic nitrogens is 2. The van der Waals surface area contributed by atoms with Gasteiger partial charge in [-0.25, -0.2) is 0 Å². The Morgan fingerprint density at radius 1 is 1.37 bits per heavy atom. The molecule has 148 valence electrons. The lowest BCUT2D eigenvalue weighted by Gasteiger charge is -2.24. The van der Waals surface area contributed by atoms with Gasteiger partial charge in [-0.3, -0.25) is 4.79 Å². The van der Waals surface area contributed by atoms with Crippen LogP contribution in [0.1, 0.15) is 49.9 Å². The summed E-state index contributed by atoms with van der Waals surface area (Å²) >= 11 is 0. The van der Waals surface area contributed by atoms with Gasteiger partial charge in [-0.05, 0) is 37.4 Å². The van der Waals surface area contributed by atoms with E-state index in [4.69, 9.17) is 4.52 Å². The molecule has 1 aliphatic heterocycles. The summed E-state index contributed by atoms with van der Waals surface area (Å²) in [6.07, 6.45) is 2.82. The molecule has 1 saturated heterocycles. The highest BCUT2D eigenvalue weighted by atomic mass is 35.5. The van der Waals surface area contributed by atoms with Gasteiger partial charge in [0.05, 0.1) is 0 Å². The van der Waals surface area contributed by atoms with E-state index >= 15 is 0 Å². The van der Waals surface area contributed by atoms with E-state index < -0.39 is 0 Å². The second-order valence-electron chi connectivity index (χ2n) is 8.18. The standard InChI is InChI=1S/C20H28N4O2.ClH/c1-20(2,3)12-17-22-18(23-26-17)14-7-5-8-15(11-14)19(25)24-10-6-9-16(24)13-21-4;/h5,7-8,11,16,21H,6,9-10,12-13H2,1-4H3;1H. The van der Waals surface area contributed by atoms with Crippen molar-refractivity contribution in [3.05, 3.63) is 35.7 Å². The first-order valence-electron chi connectivity index (χ1n) is 9.26. The van der Waals surface area contributed by atoms with Crippen molar-refractivity contribution < 1.29 is 9.32 Å². The van der Waals surface area contributed by atoms with Crippen molar-refractivity contribution in [2.75, 3.05) is 20.1 Å². The van der Waals surface area contributed by atoms with Gasteiger partial charge >= 0.3 is 0 Å². The molecule has 1 amide bonds. The number of carbonyl (C=O) groups excluding carboxylic acids is 1. The number of nitrogens with zero attached hydrogens (tertiary/aromatic N) is 3. The molecule has 2 aromatic rings. The topological polar surface area (TPSA) is 71.3 Å². The first-order valence-corrected chi connectivity index (χ1v) is 9.26. The molecule has 1 unspecified atom stereocenters. The molecule has 1 aromatic heterocycles. The number of halogens is 1. The Kier molecular flexibility index (Phi) is 7.00. The summed E-state index contributed by atoms with van der Waals surface area (Å²) in [5, 5.41) is 7.27. The van der Waals surface area contributed by atoms with E-state index in [0.717, 1.165) is 37.9 Å². The molecule has 27 heavy (non-hydrogen) atoms. The van der Waals surface area contributed by atoms with Gasteiger partial charge in [0.15, 0.2) is 0 Å². The first-order chi connectivity index (χ1) is 12.4. The van der Waals surface area contributed by atoms with E-state index in [1.54, 1.807) is 0 Å². The van der Waals surface area contributed by atoms with Crippen LogP contribution in [-0.4, -0.2) is 47.1 Å². The number of likely N-dealkylation sites (N-methyl/N-ethyl adjacent to an activating group) is 1. The van der Waals surface area contributed by atoms with Gasteiger partial charge in [-0.2, -0.15) is 4.98 Å². The van der Waals surface area contributed by atoms with E-state index in [2.05, 4.69) is 36.2 Å². The molecule has 0 spiro atoms. The summed E-state index contributed by atoms with van der Waals surface area (Å²) in [4.78, 5) is 19.4. The molecule has 1 aromatic carbocycles. The largest absolute Gasteiger partial charge is 0.339 e. The Morgan fingerprint density at radius 2 is 2.15 bits per heavy atom. The normalized spacial score (nSPS) is 17.0. The molecule has 0 aliphatic carbocycles. The lowest BCUT2D eigenvalue weighted by atomic mass is 9.92. The second kappa shape index (κ2) is 8.85. The number of benzene rings is 1. The van der Waals surface area contributed by atoms with Crippen molar-refractivity contribution in [2.45, 2.75) is 46.1 Å². The van der Waals surface area contributed by atoms with Gasteiger partial charge < -0.3 is 14.7 Å². The number of hydrogen-bond donors (Lipinski definition) is 1. The molecular formula is C20H29ClN4O2. The van der Waals surface area contributed by atoms with Crippen LogP contribution in [-0.2, 0) is 6.42 Å². The van der Waals surface area contributed by atoms with Crippen LogP contribution in [0.15, 0.2) is 28.8 Å². The minimum absolute atomic E-state index is 0. The third-order valence-corrected chi connectivity index (χ3v) is 4.60. The van der Waals surface area contributed by atoms with Crippen LogP contribution in [0, 0.1) is 5.41 Å². The first kappa shape index (κ1) is 21.4. The summed E-state index contributed by atoms with van der Waals surface area (Å²) in [5.74, 6) is 1.23. The zero-order valence-electron chi connectivity index (χ0n) is 16.5. The third-order valence-electron chi connectivity index (χ3n) is 4.60. The van der Waals surface area contributed by atoms with E-state index in [1.165, 1.54) is 0 Å². The molecule has 0 saturated carbocycles. The molecule has 2 heterocycles. The highest BCUT2D eigenvalue weighted by Gasteiger charge is 2.29. The van der Waals surface area contributed by atoms with E-state index in [9.17, 15) is 4.79 Å². The van der Waals surface area contributed by atoms with Crippen molar-refractivity contribution in [3.8, 4) is 11.4 Å². The fourth-order valence-corrected chi connectivity index (χ4v) is 3.41. The van der Waals surface area contributed by atoms with Gasteiger partial charge in [-0.15, -0.1) is 12.4 Å². The summed E-state index contributed by atoms with van der Waals surface area (Å²) < 4.78 is 5.38. The van der Waals surface area contributed by atoms with Crippen LogP contribution < -0.4 is 5.32 Å². The summed E-state index contributed by atoms with van der Waals surface area (Å²) in [6.45, 7) is 8.04. The number of amides is 1. The summed E-state index contributed by atoms with van der Waals surface area (Å²) in [5.41, 5.74) is 1.57. The molecule has 0 radical (unpaired) electrons. The Labute approximate surface area is 167 Å². The minimum atomic E-state index is 0. The average molecular weight is 393 g/mol. The van der Waals surface area contributed by atoms with Crippen LogP contribution in [0.25, 0.3) is 11.4 Å². The predicted molar refractivity (Wildman–Crippen MR) is 108 cm³/mol. The van der Waals surface area contributed by atoms with Gasteiger partial charge in [0.1, 0.15) is 0 Å². The van der Waals surface area contributed by atoms with Crippen LogP contribution in [0.4, 0.5) is 0 Å². The van der Waals surface area contributed by atoms with Crippen molar-refractivity contribution >= 4 is 18.3 Å². The van der Waals surface area contributed by atoms with E-state index in [-0.39, 0.29) is 29.8 Å². The highest BCUT2D eigenvalue weighted by molar-refractivity contribution is 5.95. The summed E-state index contributed by atoms with van der Waals surface area (Å²) in [6, 6.07) is 7.78. The van der Waals surface area contributed by atoms with Crippen LogP contribution >= 0.6 is 12.4 Å². The Bertz CT molecular complexity index is 769. The van der Waals surface area contributed by atoms with Crippen LogP contribution in [0.2, 0.25) is 0 Å². The summed E-state index contributed by atoms with van der Waals surface area (Å²) in [7, 11) is 1.92. The third kappa shape index (κ3) is 5.30. The fraction of sp³-hybridized carbons (Fsp3) is 0.550. The Balaban J connectivity index is 0.00000261. The molecule has 1 aliphatic rings. The van der Waals surface area contributed by atoms with Crippen molar-refractivity contribution in [2.24, 2.45) is 5.41 Å². The van der Waals surface area contributed by atoms with Crippen LogP contribution in [0.5, 0.6) is 0 Å². The number of hydrogen-bond acceptors (Lipinski definition) is 5. The Morgan fingerprint density at radius 3 is 2.85 bits per heavy atom. The lowest BCUT2D eigenvalue weighted by Crippen LogP contribution is -2.40. The number of rotatable bonds is 5. The van der Waals surface area contributed by atoms with Gasteiger partial charge in [0.25, 0.3) is 5.91 Å². The molecule has 1 N–H and O–H groups in total. The maximum Gasteiger partial charge on any atom is 0.254 e. The van der Waals surface area contributed by atoms with E-state index in [0.29, 0.717) is 17.3 Å². The molecule has 1 atom stereocenters. The van der Waals surface area contributed by atoms with Gasteiger partial charge in [0, 0.05) is 36.7 Å². The average Bonchev–Trinajstić information content (AvgIpc) is 3.23. The number of carbonyl (C=O) groups is 1. The zero-order valence-corrected chi connectivity index (χ0v) is 17.3. The zero-order chi connectivity index (χ0) is 18.7. The fourth-order valence-electron chi connectivity index (χ4n) is 3.41. The maximum absolute atomic E-state index is 12.9. The monoisotopic (exact) mass is 392 g/mol. The van der Waals surface area contributed by atoms with Gasteiger partial charge in [0.2, 0.25) is 11.7 Å².